The van der Waals surface area contributed by atoms with Gasteiger partial charge in [-0.05, 0) is 44.0 Å². The van der Waals surface area contributed by atoms with Crippen molar-refractivity contribution in [3.63, 3.8) is 0 Å². The fourth-order valence-corrected chi connectivity index (χ4v) is 2.31. The molecule has 0 radical (unpaired) electrons. The highest BCUT2D eigenvalue weighted by Gasteiger charge is 2.02. The third kappa shape index (κ3) is 3.28. The summed E-state index contributed by atoms with van der Waals surface area (Å²) in [6, 6.07) is 11.4. The average Bonchev–Trinajstić information content (AvgIpc) is 2.27. The summed E-state index contributed by atoms with van der Waals surface area (Å²) in [6.07, 6.45) is 0. The van der Waals surface area contributed by atoms with E-state index in [1.54, 1.807) is 6.07 Å². The average molecular weight is 344 g/mol. The van der Waals surface area contributed by atoms with Crippen molar-refractivity contribution in [3.8, 4) is 5.75 Å². The number of aromatic nitrogens is 2. The topological polar surface area (TPSA) is 35.0 Å². The van der Waals surface area contributed by atoms with Crippen LogP contribution in [-0.2, 0) is 6.61 Å². The van der Waals surface area contributed by atoms with E-state index in [0.29, 0.717) is 12.4 Å². The number of hydrogen-bond donors (Lipinski definition) is 0. The molecule has 2 aromatic rings. The summed E-state index contributed by atoms with van der Waals surface area (Å²) >= 11 is 6.61. The van der Waals surface area contributed by atoms with E-state index in [-0.39, 0.29) is 0 Å². The SMILES string of the molecule is Brc1cc(Br)nc(COc2ccccc2)n1. The lowest BCUT2D eigenvalue weighted by molar-refractivity contribution is 0.295. The molecule has 0 saturated heterocycles. The van der Waals surface area contributed by atoms with Crippen LogP contribution in [0.15, 0.2) is 45.6 Å². The summed E-state index contributed by atoms with van der Waals surface area (Å²) in [5.74, 6) is 1.44. The maximum atomic E-state index is 5.54. The van der Waals surface area contributed by atoms with Gasteiger partial charge in [0.05, 0.1) is 0 Å². The van der Waals surface area contributed by atoms with Crippen molar-refractivity contribution in [1.29, 1.82) is 0 Å². The van der Waals surface area contributed by atoms with Crippen LogP contribution in [0.1, 0.15) is 5.82 Å². The van der Waals surface area contributed by atoms with Crippen LogP contribution in [0.5, 0.6) is 5.75 Å². The van der Waals surface area contributed by atoms with Crippen molar-refractivity contribution in [2.75, 3.05) is 0 Å². The zero-order valence-corrected chi connectivity index (χ0v) is 11.4. The van der Waals surface area contributed by atoms with Crippen molar-refractivity contribution in [3.05, 3.63) is 51.4 Å². The first kappa shape index (κ1) is 11.5. The second-order valence-electron chi connectivity index (χ2n) is 3.03. The van der Waals surface area contributed by atoms with Crippen molar-refractivity contribution in [2.24, 2.45) is 0 Å². The van der Waals surface area contributed by atoms with Crippen molar-refractivity contribution in [1.82, 2.24) is 9.97 Å². The van der Waals surface area contributed by atoms with Gasteiger partial charge in [-0.2, -0.15) is 0 Å². The number of para-hydroxylation sites is 1. The van der Waals surface area contributed by atoms with Crippen LogP contribution in [-0.4, -0.2) is 9.97 Å². The van der Waals surface area contributed by atoms with Gasteiger partial charge in [-0.1, -0.05) is 18.2 Å². The second-order valence-corrected chi connectivity index (χ2v) is 4.66. The highest BCUT2D eigenvalue weighted by molar-refractivity contribution is 9.11. The maximum Gasteiger partial charge on any atom is 0.168 e. The van der Waals surface area contributed by atoms with Crippen LogP contribution >= 0.6 is 31.9 Å². The summed E-state index contributed by atoms with van der Waals surface area (Å²) < 4.78 is 7.01. The third-order valence-electron chi connectivity index (χ3n) is 1.82. The summed E-state index contributed by atoms with van der Waals surface area (Å²) in [4.78, 5) is 8.40. The minimum Gasteiger partial charge on any atom is -0.486 e. The van der Waals surface area contributed by atoms with Crippen LogP contribution in [0.4, 0.5) is 0 Å². The van der Waals surface area contributed by atoms with Crippen LogP contribution < -0.4 is 4.74 Å². The van der Waals surface area contributed by atoms with Crippen LogP contribution in [0.25, 0.3) is 0 Å². The quantitative estimate of drug-likeness (QED) is 0.799. The molecule has 0 atom stereocenters. The van der Waals surface area contributed by atoms with Gasteiger partial charge in [0.25, 0.3) is 0 Å². The van der Waals surface area contributed by atoms with Crippen molar-refractivity contribution in [2.45, 2.75) is 6.61 Å². The predicted octanol–water partition coefficient (Wildman–Crippen LogP) is 3.58. The smallest absolute Gasteiger partial charge is 0.168 e. The Hall–Kier alpha value is -0.940. The lowest BCUT2D eigenvalue weighted by Gasteiger charge is -2.05. The summed E-state index contributed by atoms with van der Waals surface area (Å²) in [7, 11) is 0. The lowest BCUT2D eigenvalue weighted by Crippen LogP contribution is -2.01. The number of hydrogen-bond acceptors (Lipinski definition) is 3. The van der Waals surface area contributed by atoms with Crippen LogP contribution in [0.2, 0.25) is 0 Å². The molecule has 2 rings (SSSR count). The summed E-state index contributed by atoms with van der Waals surface area (Å²) in [6.45, 7) is 0.349. The number of benzene rings is 1. The van der Waals surface area contributed by atoms with Crippen molar-refractivity contribution < 1.29 is 4.74 Å². The fraction of sp³-hybridized carbons (Fsp3) is 0.0909. The molecule has 0 spiro atoms. The molecule has 0 saturated carbocycles. The molecule has 1 aromatic carbocycles. The van der Waals surface area contributed by atoms with Gasteiger partial charge < -0.3 is 4.74 Å². The summed E-state index contributed by atoms with van der Waals surface area (Å²) in [5, 5.41) is 0. The minimum absolute atomic E-state index is 0.349. The van der Waals surface area contributed by atoms with E-state index in [1.165, 1.54) is 0 Å². The zero-order chi connectivity index (χ0) is 11.4. The van der Waals surface area contributed by atoms with E-state index >= 15 is 0 Å². The molecule has 0 aliphatic heterocycles. The van der Waals surface area contributed by atoms with Gasteiger partial charge >= 0.3 is 0 Å². The summed E-state index contributed by atoms with van der Waals surface area (Å²) in [5.41, 5.74) is 0. The Morgan fingerprint density at radius 1 is 1.00 bits per heavy atom. The predicted molar refractivity (Wildman–Crippen MR) is 68.2 cm³/mol. The van der Waals surface area contributed by atoms with Gasteiger partial charge in [-0.15, -0.1) is 0 Å². The molecule has 0 N–H and O–H groups in total. The highest BCUT2D eigenvalue weighted by Crippen LogP contribution is 2.15. The van der Waals surface area contributed by atoms with E-state index in [9.17, 15) is 0 Å². The lowest BCUT2D eigenvalue weighted by atomic mass is 10.3. The second kappa shape index (κ2) is 5.41. The molecule has 0 aliphatic carbocycles. The molecule has 0 unspecified atom stereocenters. The molecular weight excluding hydrogens is 336 g/mol. The van der Waals surface area contributed by atoms with E-state index < -0.39 is 0 Å². The molecule has 5 heteroatoms. The van der Waals surface area contributed by atoms with Crippen LogP contribution in [0, 0.1) is 0 Å². The molecule has 1 heterocycles. The molecule has 16 heavy (non-hydrogen) atoms. The molecule has 82 valence electrons. The van der Waals surface area contributed by atoms with Gasteiger partial charge in [-0.3, -0.25) is 0 Å². The largest absolute Gasteiger partial charge is 0.486 e. The minimum atomic E-state index is 0.349. The van der Waals surface area contributed by atoms with Gasteiger partial charge in [0.2, 0.25) is 0 Å². The Morgan fingerprint density at radius 2 is 1.62 bits per heavy atom. The van der Waals surface area contributed by atoms with Gasteiger partial charge in [-0.25, -0.2) is 9.97 Å². The molecular formula is C11H8Br2N2O. The van der Waals surface area contributed by atoms with Gasteiger partial charge in [0.1, 0.15) is 21.6 Å². The van der Waals surface area contributed by atoms with Crippen molar-refractivity contribution >= 4 is 31.9 Å². The van der Waals surface area contributed by atoms with Gasteiger partial charge in [0.15, 0.2) is 5.82 Å². The number of ether oxygens (including phenoxy) is 1. The monoisotopic (exact) mass is 342 g/mol. The molecule has 0 bridgehead atoms. The maximum absolute atomic E-state index is 5.54. The highest BCUT2D eigenvalue weighted by atomic mass is 79.9. The third-order valence-corrected chi connectivity index (χ3v) is 2.63. The molecule has 0 fully saturated rings. The van der Waals surface area contributed by atoms with E-state index in [0.717, 1.165) is 15.0 Å². The van der Waals surface area contributed by atoms with Crippen LogP contribution in [0.3, 0.4) is 0 Å². The number of halogens is 2. The van der Waals surface area contributed by atoms with E-state index in [4.69, 9.17) is 4.74 Å². The Bertz CT molecular complexity index is 456. The first-order valence-electron chi connectivity index (χ1n) is 4.61. The molecule has 3 nitrogen and oxygen atoms in total. The first-order valence-corrected chi connectivity index (χ1v) is 6.19. The van der Waals surface area contributed by atoms with E-state index in [2.05, 4.69) is 41.8 Å². The number of nitrogens with zero attached hydrogens (tertiary/aromatic N) is 2. The first-order chi connectivity index (χ1) is 7.74. The molecule has 0 aliphatic rings. The molecule has 0 amide bonds. The fourth-order valence-electron chi connectivity index (χ4n) is 1.16. The normalized spacial score (nSPS) is 10.1. The van der Waals surface area contributed by atoms with Gasteiger partial charge in [0, 0.05) is 6.07 Å². The van der Waals surface area contributed by atoms with E-state index in [1.807, 2.05) is 30.3 Å². The number of rotatable bonds is 3. The zero-order valence-electron chi connectivity index (χ0n) is 8.23. The Kier molecular flexibility index (Phi) is 3.90. The Morgan fingerprint density at radius 3 is 2.25 bits per heavy atom. The standard InChI is InChI=1S/C11H8Br2N2O/c12-9-6-10(13)15-11(14-9)7-16-8-4-2-1-3-5-8/h1-6H,7H2. The Balaban J connectivity index is 2.05. The molecule has 1 aromatic heterocycles. The Labute approximate surface area is 110 Å².